The van der Waals surface area contributed by atoms with E-state index in [0.29, 0.717) is 6.04 Å². The fourth-order valence-corrected chi connectivity index (χ4v) is 4.14. The standard InChI is InChI=1S/C23H23N/c1-2-23(21-16-10-5-11-17-21)22(20-14-8-4-9-15-20)24(23)18-19-12-6-3-7-13-19/h3-17,22H,2,18H2,1H3/t22-,23+,24?/m0/s1. The van der Waals surface area contributed by atoms with Gasteiger partial charge in [-0.15, -0.1) is 0 Å². The van der Waals surface area contributed by atoms with E-state index in [1.165, 1.54) is 16.7 Å². The van der Waals surface area contributed by atoms with Crippen molar-refractivity contribution in [1.82, 2.24) is 4.90 Å². The van der Waals surface area contributed by atoms with Crippen LogP contribution in [0.25, 0.3) is 0 Å². The molecule has 24 heavy (non-hydrogen) atoms. The smallest absolute Gasteiger partial charge is 0.0666 e. The predicted octanol–water partition coefficient (Wildman–Crippen LogP) is 5.55. The van der Waals surface area contributed by atoms with Crippen LogP contribution in [0.1, 0.15) is 36.1 Å². The minimum absolute atomic E-state index is 0.110. The first-order valence-electron chi connectivity index (χ1n) is 8.77. The van der Waals surface area contributed by atoms with Crippen molar-refractivity contribution in [2.75, 3.05) is 0 Å². The molecule has 0 radical (unpaired) electrons. The third kappa shape index (κ3) is 2.46. The van der Waals surface area contributed by atoms with Crippen LogP contribution < -0.4 is 0 Å². The summed E-state index contributed by atoms with van der Waals surface area (Å²) in [7, 11) is 0. The largest absolute Gasteiger partial charge is 0.278 e. The van der Waals surface area contributed by atoms with Gasteiger partial charge in [0, 0.05) is 6.54 Å². The fraction of sp³-hybridized carbons (Fsp3) is 0.217. The Morgan fingerprint density at radius 3 is 1.88 bits per heavy atom. The van der Waals surface area contributed by atoms with Crippen LogP contribution in [0.5, 0.6) is 0 Å². The maximum absolute atomic E-state index is 2.65. The molecule has 1 unspecified atom stereocenters. The summed E-state index contributed by atoms with van der Waals surface area (Å²) < 4.78 is 0. The lowest BCUT2D eigenvalue weighted by molar-refractivity contribution is 0.392. The van der Waals surface area contributed by atoms with E-state index >= 15 is 0 Å². The van der Waals surface area contributed by atoms with E-state index in [1.807, 2.05) is 0 Å². The summed E-state index contributed by atoms with van der Waals surface area (Å²) in [5, 5.41) is 0. The number of nitrogens with zero attached hydrogens (tertiary/aromatic N) is 1. The Bertz CT molecular complexity index is 782. The van der Waals surface area contributed by atoms with Gasteiger partial charge in [-0.1, -0.05) is 97.9 Å². The van der Waals surface area contributed by atoms with Crippen molar-refractivity contribution in [2.24, 2.45) is 0 Å². The third-order valence-electron chi connectivity index (χ3n) is 5.33. The van der Waals surface area contributed by atoms with Crippen molar-refractivity contribution in [3.8, 4) is 0 Å². The van der Waals surface area contributed by atoms with Crippen molar-refractivity contribution in [2.45, 2.75) is 31.5 Å². The zero-order valence-corrected chi connectivity index (χ0v) is 14.1. The molecule has 0 saturated carbocycles. The average molecular weight is 313 g/mol. The van der Waals surface area contributed by atoms with E-state index in [0.717, 1.165) is 13.0 Å². The summed E-state index contributed by atoms with van der Waals surface area (Å²) >= 11 is 0. The Morgan fingerprint density at radius 1 is 0.750 bits per heavy atom. The van der Waals surface area contributed by atoms with Gasteiger partial charge in [0.25, 0.3) is 0 Å². The van der Waals surface area contributed by atoms with Crippen molar-refractivity contribution in [3.63, 3.8) is 0 Å². The van der Waals surface area contributed by atoms with Crippen LogP contribution in [0.2, 0.25) is 0 Å². The lowest BCUT2D eigenvalue weighted by Gasteiger charge is -2.16. The maximum atomic E-state index is 2.65. The molecule has 1 fully saturated rings. The minimum atomic E-state index is 0.110. The van der Waals surface area contributed by atoms with Crippen LogP contribution in [0.4, 0.5) is 0 Å². The van der Waals surface area contributed by atoms with Crippen molar-refractivity contribution < 1.29 is 0 Å². The summed E-state index contributed by atoms with van der Waals surface area (Å²) in [6.07, 6.45) is 1.11. The molecule has 1 aliphatic rings. The van der Waals surface area contributed by atoms with E-state index in [2.05, 4.69) is 103 Å². The van der Waals surface area contributed by atoms with E-state index in [-0.39, 0.29) is 5.54 Å². The highest BCUT2D eigenvalue weighted by atomic mass is 15.4. The predicted molar refractivity (Wildman–Crippen MR) is 99.6 cm³/mol. The minimum Gasteiger partial charge on any atom is -0.278 e. The van der Waals surface area contributed by atoms with Gasteiger partial charge in [-0.3, -0.25) is 4.90 Å². The van der Waals surface area contributed by atoms with E-state index < -0.39 is 0 Å². The van der Waals surface area contributed by atoms with Crippen LogP contribution in [0, 0.1) is 0 Å². The molecule has 1 nitrogen and oxygen atoms in total. The molecular formula is C23H23N. The summed E-state index contributed by atoms with van der Waals surface area (Å²) in [5.41, 5.74) is 4.33. The second-order valence-corrected chi connectivity index (χ2v) is 6.57. The molecule has 3 atom stereocenters. The topological polar surface area (TPSA) is 3.01 Å². The highest BCUT2D eigenvalue weighted by Gasteiger charge is 2.62. The highest BCUT2D eigenvalue weighted by molar-refractivity contribution is 5.41. The molecule has 1 aliphatic heterocycles. The van der Waals surface area contributed by atoms with Crippen molar-refractivity contribution in [1.29, 1.82) is 0 Å². The van der Waals surface area contributed by atoms with Gasteiger partial charge < -0.3 is 0 Å². The molecule has 3 aromatic carbocycles. The Morgan fingerprint density at radius 2 is 1.29 bits per heavy atom. The van der Waals surface area contributed by atoms with Gasteiger partial charge >= 0.3 is 0 Å². The molecule has 0 N–H and O–H groups in total. The molecule has 120 valence electrons. The number of hydrogen-bond donors (Lipinski definition) is 0. The van der Waals surface area contributed by atoms with Gasteiger partial charge in [0.2, 0.25) is 0 Å². The van der Waals surface area contributed by atoms with Crippen molar-refractivity contribution in [3.05, 3.63) is 108 Å². The van der Waals surface area contributed by atoms with Crippen LogP contribution >= 0.6 is 0 Å². The molecular weight excluding hydrogens is 290 g/mol. The second-order valence-electron chi connectivity index (χ2n) is 6.57. The highest BCUT2D eigenvalue weighted by Crippen LogP contribution is 2.62. The summed E-state index contributed by atoms with van der Waals surface area (Å²) in [6.45, 7) is 3.30. The molecule has 3 aromatic rings. The van der Waals surface area contributed by atoms with Crippen molar-refractivity contribution >= 4 is 0 Å². The molecule has 0 spiro atoms. The molecule has 4 rings (SSSR count). The molecule has 1 heteroatoms. The SMILES string of the molecule is CC[C@@]1(c2ccccc2)[C@H](c2ccccc2)N1Cc1ccccc1. The fourth-order valence-electron chi connectivity index (χ4n) is 4.14. The first-order chi connectivity index (χ1) is 11.9. The Balaban J connectivity index is 1.74. The molecule has 0 amide bonds. The van der Waals surface area contributed by atoms with E-state index in [9.17, 15) is 0 Å². The number of rotatable bonds is 5. The van der Waals surface area contributed by atoms with E-state index in [1.54, 1.807) is 0 Å². The van der Waals surface area contributed by atoms with Crippen LogP contribution in [0.3, 0.4) is 0 Å². The van der Waals surface area contributed by atoms with Gasteiger partial charge in [-0.05, 0) is 23.1 Å². The normalized spacial score (nSPS) is 25.4. The summed E-state index contributed by atoms with van der Waals surface area (Å²) in [5.74, 6) is 0. The first-order valence-corrected chi connectivity index (χ1v) is 8.77. The lowest BCUT2D eigenvalue weighted by Crippen LogP contribution is -2.15. The molecule has 0 aliphatic carbocycles. The quantitative estimate of drug-likeness (QED) is 0.558. The van der Waals surface area contributed by atoms with Crippen LogP contribution in [0.15, 0.2) is 91.0 Å². The average Bonchev–Trinajstić information content (AvgIpc) is 3.32. The zero-order valence-electron chi connectivity index (χ0n) is 14.1. The third-order valence-corrected chi connectivity index (χ3v) is 5.33. The number of hydrogen-bond acceptors (Lipinski definition) is 1. The second kappa shape index (κ2) is 6.26. The lowest BCUT2D eigenvalue weighted by atomic mass is 9.89. The van der Waals surface area contributed by atoms with Gasteiger partial charge in [-0.25, -0.2) is 0 Å². The first kappa shape index (κ1) is 15.2. The summed E-state index contributed by atoms with van der Waals surface area (Å²) in [6, 6.07) is 33.2. The maximum Gasteiger partial charge on any atom is 0.0666 e. The molecule has 0 aromatic heterocycles. The van der Waals surface area contributed by atoms with Gasteiger partial charge in [0.05, 0.1) is 11.6 Å². The Kier molecular flexibility index (Phi) is 3.95. The van der Waals surface area contributed by atoms with Gasteiger partial charge in [0.1, 0.15) is 0 Å². The van der Waals surface area contributed by atoms with E-state index in [4.69, 9.17) is 0 Å². The van der Waals surface area contributed by atoms with Gasteiger partial charge in [0.15, 0.2) is 0 Å². The molecule has 0 bridgehead atoms. The summed E-state index contributed by atoms with van der Waals surface area (Å²) in [4.78, 5) is 2.65. The Hall–Kier alpha value is -2.38. The monoisotopic (exact) mass is 313 g/mol. The zero-order chi connectivity index (χ0) is 16.4. The van der Waals surface area contributed by atoms with Gasteiger partial charge in [-0.2, -0.15) is 0 Å². The molecule has 1 heterocycles. The molecule has 1 saturated heterocycles. The number of benzene rings is 3. The Labute approximate surface area is 144 Å². The van der Waals surface area contributed by atoms with Crippen LogP contribution in [-0.2, 0) is 12.1 Å². The van der Waals surface area contributed by atoms with Crippen LogP contribution in [-0.4, -0.2) is 4.90 Å².